The summed E-state index contributed by atoms with van der Waals surface area (Å²) in [4.78, 5) is 10.5. The lowest BCUT2D eigenvalue weighted by Crippen LogP contribution is -2.27. The first-order valence-corrected chi connectivity index (χ1v) is 4.78. The van der Waals surface area contributed by atoms with E-state index in [2.05, 4.69) is 10.3 Å². The molecule has 8 heteroatoms. The molecule has 1 aromatic rings. The van der Waals surface area contributed by atoms with Gasteiger partial charge in [-0.15, -0.1) is 5.10 Å². The molecule has 5 nitrogen and oxygen atoms in total. The standard InChI is InChI=1S/C9H12F3N3O2/c1-8(2,5-17)4-15-7(9(10,11)12)6(3-16)13-14-15/h3,17H,4-5H2,1-2H3. The van der Waals surface area contributed by atoms with Gasteiger partial charge >= 0.3 is 6.18 Å². The lowest BCUT2D eigenvalue weighted by atomic mass is 9.95. The van der Waals surface area contributed by atoms with Gasteiger partial charge < -0.3 is 5.11 Å². The predicted octanol–water partition coefficient (Wildman–Crippen LogP) is 1.13. The molecule has 0 aliphatic carbocycles. The summed E-state index contributed by atoms with van der Waals surface area (Å²) in [7, 11) is 0. The number of nitrogens with zero attached hydrogens (tertiary/aromatic N) is 3. The van der Waals surface area contributed by atoms with Gasteiger partial charge in [-0.25, -0.2) is 4.68 Å². The molecule has 17 heavy (non-hydrogen) atoms. The van der Waals surface area contributed by atoms with Crippen molar-refractivity contribution in [1.82, 2.24) is 15.0 Å². The molecule has 0 fully saturated rings. The van der Waals surface area contributed by atoms with Crippen molar-refractivity contribution in [3.63, 3.8) is 0 Å². The Kier molecular flexibility index (Phi) is 3.56. The number of aldehydes is 1. The fourth-order valence-corrected chi connectivity index (χ4v) is 1.26. The second-order valence-corrected chi connectivity index (χ2v) is 4.42. The van der Waals surface area contributed by atoms with Crippen LogP contribution in [-0.4, -0.2) is 33.0 Å². The highest BCUT2D eigenvalue weighted by molar-refractivity contribution is 5.73. The first-order chi connectivity index (χ1) is 7.71. The van der Waals surface area contributed by atoms with Crippen molar-refractivity contribution in [3.8, 4) is 0 Å². The van der Waals surface area contributed by atoms with Gasteiger partial charge in [0.05, 0.1) is 6.54 Å². The number of hydrogen-bond donors (Lipinski definition) is 1. The van der Waals surface area contributed by atoms with Gasteiger partial charge in [0.25, 0.3) is 0 Å². The van der Waals surface area contributed by atoms with Crippen molar-refractivity contribution in [2.75, 3.05) is 6.61 Å². The van der Waals surface area contributed by atoms with Crippen LogP contribution < -0.4 is 0 Å². The quantitative estimate of drug-likeness (QED) is 0.814. The minimum atomic E-state index is -4.70. The van der Waals surface area contributed by atoms with Gasteiger partial charge in [0.1, 0.15) is 0 Å². The van der Waals surface area contributed by atoms with E-state index in [9.17, 15) is 18.0 Å². The van der Waals surface area contributed by atoms with Crippen LogP contribution in [0.15, 0.2) is 0 Å². The average molecular weight is 251 g/mol. The first-order valence-electron chi connectivity index (χ1n) is 4.78. The lowest BCUT2D eigenvalue weighted by Gasteiger charge is -2.22. The van der Waals surface area contributed by atoms with Gasteiger partial charge in [0.2, 0.25) is 0 Å². The maximum absolute atomic E-state index is 12.7. The van der Waals surface area contributed by atoms with E-state index in [1.54, 1.807) is 13.8 Å². The Hall–Kier alpha value is -1.44. The summed E-state index contributed by atoms with van der Waals surface area (Å²) in [5.74, 6) is 0. The lowest BCUT2D eigenvalue weighted by molar-refractivity contribution is -0.145. The van der Waals surface area contributed by atoms with E-state index in [4.69, 9.17) is 5.11 Å². The number of aliphatic hydroxyl groups is 1. The second kappa shape index (κ2) is 4.44. The number of aliphatic hydroxyl groups excluding tert-OH is 1. The molecule has 0 radical (unpaired) electrons. The molecule has 0 aromatic carbocycles. The Bertz CT molecular complexity index is 412. The molecule has 0 aliphatic heterocycles. The minimum Gasteiger partial charge on any atom is -0.396 e. The van der Waals surface area contributed by atoms with Crippen LogP contribution in [0.4, 0.5) is 13.2 Å². The predicted molar refractivity (Wildman–Crippen MR) is 51.3 cm³/mol. The van der Waals surface area contributed by atoms with Gasteiger partial charge in [0.15, 0.2) is 17.7 Å². The summed E-state index contributed by atoms with van der Waals surface area (Å²) in [6, 6.07) is 0. The highest BCUT2D eigenvalue weighted by Crippen LogP contribution is 2.31. The molecule has 1 N–H and O–H groups in total. The SMILES string of the molecule is CC(C)(CO)Cn1nnc(C=O)c1C(F)(F)F. The summed E-state index contributed by atoms with van der Waals surface area (Å²) >= 11 is 0. The van der Waals surface area contributed by atoms with Gasteiger partial charge in [-0.2, -0.15) is 13.2 Å². The summed E-state index contributed by atoms with van der Waals surface area (Å²) < 4.78 is 38.7. The van der Waals surface area contributed by atoms with Crippen LogP contribution in [0.3, 0.4) is 0 Å². The monoisotopic (exact) mass is 251 g/mol. The number of hydrogen-bond acceptors (Lipinski definition) is 4. The average Bonchev–Trinajstić information content (AvgIpc) is 2.59. The van der Waals surface area contributed by atoms with Gasteiger partial charge in [-0.05, 0) is 0 Å². The molecule has 0 unspecified atom stereocenters. The summed E-state index contributed by atoms with van der Waals surface area (Å²) in [6.07, 6.45) is -4.69. The number of halogens is 3. The molecular formula is C9H12F3N3O2. The van der Waals surface area contributed by atoms with Crippen molar-refractivity contribution in [1.29, 1.82) is 0 Å². The largest absolute Gasteiger partial charge is 0.435 e. The highest BCUT2D eigenvalue weighted by atomic mass is 19.4. The van der Waals surface area contributed by atoms with E-state index in [0.717, 1.165) is 0 Å². The van der Waals surface area contributed by atoms with Crippen LogP contribution in [0.5, 0.6) is 0 Å². The number of carbonyl (C=O) groups excluding carboxylic acids is 1. The zero-order chi connectivity index (χ0) is 13.3. The number of carbonyl (C=O) groups is 1. The minimum absolute atomic E-state index is 0.0122. The summed E-state index contributed by atoms with van der Waals surface area (Å²) in [5.41, 5.74) is -2.71. The first kappa shape index (κ1) is 13.6. The van der Waals surface area contributed by atoms with E-state index in [1.807, 2.05) is 0 Å². The Balaban J connectivity index is 3.18. The Morgan fingerprint density at radius 1 is 1.41 bits per heavy atom. The van der Waals surface area contributed by atoms with Crippen LogP contribution in [0.2, 0.25) is 0 Å². The van der Waals surface area contributed by atoms with Crippen LogP contribution >= 0.6 is 0 Å². The zero-order valence-electron chi connectivity index (χ0n) is 9.32. The third kappa shape index (κ3) is 3.02. The molecule has 96 valence electrons. The molecule has 1 aromatic heterocycles. The summed E-state index contributed by atoms with van der Waals surface area (Å²) in [6.45, 7) is 2.67. The van der Waals surface area contributed by atoms with Gasteiger partial charge in [0, 0.05) is 12.0 Å². The van der Waals surface area contributed by atoms with Crippen LogP contribution in [-0.2, 0) is 12.7 Å². The normalized spacial score (nSPS) is 12.8. The Morgan fingerprint density at radius 2 is 2.00 bits per heavy atom. The van der Waals surface area contributed by atoms with Gasteiger partial charge in [-0.3, -0.25) is 4.79 Å². The van der Waals surface area contributed by atoms with E-state index < -0.39 is 23.0 Å². The third-order valence-corrected chi connectivity index (χ3v) is 2.15. The van der Waals surface area contributed by atoms with E-state index in [-0.39, 0.29) is 19.4 Å². The topological polar surface area (TPSA) is 68.0 Å². The molecule has 1 heterocycles. The fourth-order valence-electron chi connectivity index (χ4n) is 1.26. The maximum atomic E-state index is 12.7. The number of alkyl halides is 3. The Morgan fingerprint density at radius 3 is 2.41 bits per heavy atom. The Labute approximate surface area is 95.2 Å². The number of aromatic nitrogens is 3. The maximum Gasteiger partial charge on any atom is 0.435 e. The molecule has 0 saturated heterocycles. The second-order valence-electron chi connectivity index (χ2n) is 4.42. The molecule has 0 spiro atoms. The van der Waals surface area contributed by atoms with Crippen LogP contribution in [0.1, 0.15) is 30.0 Å². The highest BCUT2D eigenvalue weighted by Gasteiger charge is 2.40. The van der Waals surface area contributed by atoms with Crippen molar-refractivity contribution in [2.45, 2.75) is 26.6 Å². The molecule has 1 rings (SSSR count). The molecule has 0 atom stereocenters. The third-order valence-electron chi connectivity index (χ3n) is 2.15. The van der Waals surface area contributed by atoms with Gasteiger partial charge in [-0.1, -0.05) is 19.1 Å². The van der Waals surface area contributed by atoms with Crippen LogP contribution in [0, 0.1) is 5.41 Å². The van der Waals surface area contributed by atoms with E-state index in [0.29, 0.717) is 4.68 Å². The van der Waals surface area contributed by atoms with Crippen molar-refractivity contribution in [2.24, 2.45) is 5.41 Å². The van der Waals surface area contributed by atoms with Crippen LogP contribution in [0.25, 0.3) is 0 Å². The number of rotatable bonds is 4. The van der Waals surface area contributed by atoms with E-state index >= 15 is 0 Å². The zero-order valence-corrected chi connectivity index (χ0v) is 9.32. The van der Waals surface area contributed by atoms with Crippen molar-refractivity contribution >= 4 is 6.29 Å². The molecule has 0 aliphatic rings. The molecular weight excluding hydrogens is 239 g/mol. The summed E-state index contributed by atoms with van der Waals surface area (Å²) in [5, 5.41) is 15.5. The van der Waals surface area contributed by atoms with Crippen molar-refractivity contribution in [3.05, 3.63) is 11.4 Å². The molecule has 0 amide bonds. The molecule has 0 bridgehead atoms. The molecule has 0 saturated carbocycles. The fraction of sp³-hybridized carbons (Fsp3) is 0.667. The smallest absolute Gasteiger partial charge is 0.396 e. The van der Waals surface area contributed by atoms with E-state index in [1.165, 1.54) is 0 Å². The van der Waals surface area contributed by atoms with Crippen molar-refractivity contribution < 1.29 is 23.1 Å².